The molecule has 2 aromatic rings. The van der Waals surface area contributed by atoms with Crippen LogP contribution in [0.2, 0.25) is 5.02 Å². The van der Waals surface area contributed by atoms with Gasteiger partial charge in [0.1, 0.15) is 5.75 Å². The molecule has 1 aromatic carbocycles. The van der Waals surface area contributed by atoms with Crippen molar-refractivity contribution in [3.63, 3.8) is 0 Å². The first-order chi connectivity index (χ1) is 8.25. The van der Waals surface area contributed by atoms with Crippen LogP contribution in [0.15, 0.2) is 48.8 Å². The van der Waals surface area contributed by atoms with Gasteiger partial charge in [0, 0.05) is 23.0 Å². The Bertz CT molecular complexity index is 514. The average molecular weight is 248 g/mol. The van der Waals surface area contributed by atoms with Gasteiger partial charge in [-0.1, -0.05) is 17.7 Å². The summed E-state index contributed by atoms with van der Waals surface area (Å²) in [6, 6.07) is 10.4. The third-order valence-corrected chi connectivity index (χ3v) is 2.38. The molecule has 0 N–H and O–H groups in total. The lowest BCUT2D eigenvalue weighted by Crippen LogP contribution is -2.11. The smallest absolute Gasteiger partial charge is 0.201 e. The van der Waals surface area contributed by atoms with E-state index in [0.29, 0.717) is 16.3 Å². The van der Waals surface area contributed by atoms with Gasteiger partial charge in [0.2, 0.25) is 5.78 Å². The van der Waals surface area contributed by atoms with Gasteiger partial charge < -0.3 is 4.74 Å². The van der Waals surface area contributed by atoms with Crippen molar-refractivity contribution >= 4 is 17.4 Å². The highest BCUT2D eigenvalue weighted by atomic mass is 35.5. The van der Waals surface area contributed by atoms with Crippen molar-refractivity contribution < 1.29 is 9.53 Å². The molecule has 0 bridgehead atoms. The van der Waals surface area contributed by atoms with Crippen LogP contribution in [0, 0.1) is 0 Å². The van der Waals surface area contributed by atoms with E-state index >= 15 is 0 Å². The van der Waals surface area contributed by atoms with E-state index in [1.807, 2.05) is 0 Å². The summed E-state index contributed by atoms with van der Waals surface area (Å²) in [7, 11) is 0. The van der Waals surface area contributed by atoms with Gasteiger partial charge in [0.15, 0.2) is 6.61 Å². The lowest BCUT2D eigenvalue weighted by molar-refractivity contribution is 0.0921. The molecule has 0 aliphatic heterocycles. The second-order valence-electron chi connectivity index (χ2n) is 3.41. The molecule has 0 saturated heterocycles. The number of rotatable bonds is 4. The zero-order valence-corrected chi connectivity index (χ0v) is 9.72. The lowest BCUT2D eigenvalue weighted by atomic mass is 10.2. The van der Waals surface area contributed by atoms with Gasteiger partial charge in [0.25, 0.3) is 0 Å². The third-order valence-electron chi connectivity index (χ3n) is 2.15. The van der Waals surface area contributed by atoms with Crippen molar-refractivity contribution in [3.05, 3.63) is 59.4 Å². The number of hydrogen-bond acceptors (Lipinski definition) is 3. The van der Waals surface area contributed by atoms with Gasteiger partial charge in [-0.25, -0.2) is 0 Å². The van der Waals surface area contributed by atoms with Gasteiger partial charge in [-0.15, -0.1) is 0 Å². The van der Waals surface area contributed by atoms with E-state index in [-0.39, 0.29) is 12.4 Å². The molecule has 4 heteroatoms. The number of pyridine rings is 1. The summed E-state index contributed by atoms with van der Waals surface area (Å²) >= 11 is 5.80. The largest absolute Gasteiger partial charge is 0.485 e. The monoisotopic (exact) mass is 247 g/mol. The van der Waals surface area contributed by atoms with Crippen LogP contribution in [-0.4, -0.2) is 17.4 Å². The normalized spacial score (nSPS) is 9.94. The fourth-order valence-corrected chi connectivity index (χ4v) is 1.50. The molecule has 0 aliphatic carbocycles. The van der Waals surface area contributed by atoms with Gasteiger partial charge in [0.05, 0.1) is 0 Å². The lowest BCUT2D eigenvalue weighted by Gasteiger charge is -2.05. The molecule has 1 heterocycles. The number of benzene rings is 1. The molecule has 0 saturated carbocycles. The number of ketones is 1. The Morgan fingerprint density at radius 1 is 1.29 bits per heavy atom. The van der Waals surface area contributed by atoms with Crippen LogP contribution in [0.5, 0.6) is 5.75 Å². The van der Waals surface area contributed by atoms with Crippen molar-refractivity contribution in [1.82, 2.24) is 4.98 Å². The van der Waals surface area contributed by atoms with Crippen molar-refractivity contribution in [2.24, 2.45) is 0 Å². The van der Waals surface area contributed by atoms with E-state index < -0.39 is 0 Å². The Balaban J connectivity index is 1.97. The summed E-state index contributed by atoms with van der Waals surface area (Å²) in [5, 5.41) is 0.580. The summed E-state index contributed by atoms with van der Waals surface area (Å²) < 4.78 is 5.34. The van der Waals surface area contributed by atoms with Crippen LogP contribution in [0.1, 0.15) is 10.4 Å². The molecule has 0 fully saturated rings. The Hall–Kier alpha value is -1.87. The minimum Gasteiger partial charge on any atom is -0.485 e. The van der Waals surface area contributed by atoms with E-state index in [2.05, 4.69) is 4.98 Å². The molecule has 0 radical (unpaired) electrons. The highest BCUT2D eigenvalue weighted by Crippen LogP contribution is 2.17. The second-order valence-corrected chi connectivity index (χ2v) is 3.85. The number of Topliss-reactive ketones (excluding diaryl/α,β-unsaturated/α-hetero) is 1. The van der Waals surface area contributed by atoms with E-state index in [1.54, 1.807) is 42.6 Å². The first-order valence-electron chi connectivity index (χ1n) is 5.07. The van der Waals surface area contributed by atoms with Crippen LogP contribution in [0.25, 0.3) is 0 Å². The van der Waals surface area contributed by atoms with Crippen LogP contribution in [0.3, 0.4) is 0 Å². The number of hydrogen-bond donors (Lipinski definition) is 0. The first kappa shape index (κ1) is 11.6. The fraction of sp³-hybridized carbons (Fsp3) is 0.0769. The number of carbonyl (C=O) groups is 1. The molecule has 2 rings (SSSR count). The standard InChI is InChI=1S/C13H10ClNO2/c14-11-4-1-5-12(7-11)17-9-13(16)10-3-2-6-15-8-10/h1-8H,9H2. The quantitative estimate of drug-likeness (QED) is 0.780. The summed E-state index contributed by atoms with van der Waals surface area (Å²) in [5.74, 6) is 0.466. The SMILES string of the molecule is O=C(COc1cccc(Cl)c1)c1cccnc1. The van der Waals surface area contributed by atoms with Crippen LogP contribution in [-0.2, 0) is 0 Å². The molecule has 0 unspecified atom stereocenters. The number of ether oxygens (including phenoxy) is 1. The molecule has 0 spiro atoms. The van der Waals surface area contributed by atoms with Crippen LogP contribution < -0.4 is 4.74 Å². The maximum Gasteiger partial charge on any atom is 0.201 e. The summed E-state index contributed by atoms with van der Waals surface area (Å²) in [6.07, 6.45) is 3.14. The molecule has 0 amide bonds. The Morgan fingerprint density at radius 3 is 2.88 bits per heavy atom. The van der Waals surface area contributed by atoms with Crippen LogP contribution in [0.4, 0.5) is 0 Å². The molecule has 3 nitrogen and oxygen atoms in total. The molecule has 0 atom stereocenters. The van der Waals surface area contributed by atoms with Gasteiger partial charge in [-0.2, -0.15) is 0 Å². The van der Waals surface area contributed by atoms with Crippen molar-refractivity contribution in [2.45, 2.75) is 0 Å². The minimum atomic E-state index is -0.113. The molecular weight excluding hydrogens is 238 g/mol. The highest BCUT2D eigenvalue weighted by Gasteiger charge is 2.06. The molecule has 1 aromatic heterocycles. The number of carbonyl (C=O) groups excluding carboxylic acids is 1. The molecule has 0 aliphatic rings. The Kier molecular flexibility index (Phi) is 3.73. The van der Waals surface area contributed by atoms with Crippen molar-refractivity contribution in [3.8, 4) is 5.75 Å². The third kappa shape index (κ3) is 3.29. The zero-order chi connectivity index (χ0) is 12.1. The maximum atomic E-state index is 11.7. The van der Waals surface area contributed by atoms with E-state index in [9.17, 15) is 4.79 Å². The topological polar surface area (TPSA) is 39.2 Å². The van der Waals surface area contributed by atoms with E-state index in [0.717, 1.165) is 0 Å². The van der Waals surface area contributed by atoms with Gasteiger partial charge in [-0.05, 0) is 30.3 Å². The fourth-order valence-electron chi connectivity index (χ4n) is 1.32. The number of halogens is 1. The van der Waals surface area contributed by atoms with Crippen molar-refractivity contribution in [2.75, 3.05) is 6.61 Å². The highest BCUT2D eigenvalue weighted by molar-refractivity contribution is 6.30. The Labute approximate surface area is 104 Å². The predicted molar refractivity (Wildman–Crippen MR) is 65.5 cm³/mol. The molecule has 86 valence electrons. The molecule has 17 heavy (non-hydrogen) atoms. The average Bonchev–Trinajstić information content (AvgIpc) is 2.37. The van der Waals surface area contributed by atoms with E-state index in [1.165, 1.54) is 6.20 Å². The second kappa shape index (κ2) is 5.46. The number of nitrogens with zero attached hydrogens (tertiary/aromatic N) is 1. The van der Waals surface area contributed by atoms with E-state index in [4.69, 9.17) is 16.3 Å². The molecular formula is C13H10ClNO2. The zero-order valence-electron chi connectivity index (χ0n) is 8.97. The minimum absolute atomic E-state index is 0.0218. The van der Waals surface area contributed by atoms with Gasteiger partial charge in [-0.3, -0.25) is 9.78 Å². The first-order valence-corrected chi connectivity index (χ1v) is 5.45. The summed E-state index contributed by atoms with van der Waals surface area (Å²) in [4.78, 5) is 15.6. The summed E-state index contributed by atoms with van der Waals surface area (Å²) in [5.41, 5.74) is 0.537. The maximum absolute atomic E-state index is 11.7. The van der Waals surface area contributed by atoms with Crippen LogP contribution >= 0.6 is 11.6 Å². The summed E-state index contributed by atoms with van der Waals surface area (Å²) in [6.45, 7) is -0.0218. The Morgan fingerprint density at radius 2 is 2.18 bits per heavy atom. The van der Waals surface area contributed by atoms with Gasteiger partial charge >= 0.3 is 0 Å². The number of aromatic nitrogens is 1. The predicted octanol–water partition coefficient (Wildman–Crippen LogP) is 3.00. The van der Waals surface area contributed by atoms with Crippen molar-refractivity contribution in [1.29, 1.82) is 0 Å².